The molecule has 13 heavy (non-hydrogen) atoms. The third-order valence-corrected chi connectivity index (χ3v) is 3.23. The molecule has 0 spiro atoms. The maximum atomic E-state index is 10.4. The van der Waals surface area contributed by atoms with Crippen LogP contribution < -0.4 is 0 Å². The van der Waals surface area contributed by atoms with Gasteiger partial charge >= 0.3 is 0 Å². The Morgan fingerprint density at radius 2 is 2.31 bits per heavy atom. The molecule has 0 bridgehead atoms. The fraction of sp³-hybridized carbons (Fsp3) is 0.667. The molecule has 0 aliphatic heterocycles. The molecule has 2 atom stereocenters. The van der Waals surface area contributed by atoms with Crippen LogP contribution in [0.2, 0.25) is 0 Å². The summed E-state index contributed by atoms with van der Waals surface area (Å²) in [7, 11) is 0. The monoisotopic (exact) mass is 180 g/mol. The molecule has 1 aliphatic rings. The molecule has 1 N–H and O–H groups in total. The first-order valence-electron chi connectivity index (χ1n) is 5.10. The Bertz CT molecular complexity index is 207. The molecule has 0 heterocycles. The molecule has 0 amide bonds. The van der Waals surface area contributed by atoms with Crippen LogP contribution in [0.15, 0.2) is 24.8 Å². The smallest absolute Gasteiger partial charge is 0.0882 e. The third-order valence-electron chi connectivity index (χ3n) is 3.23. The number of hydrogen-bond acceptors (Lipinski definition) is 1. The fourth-order valence-electron chi connectivity index (χ4n) is 2.30. The summed E-state index contributed by atoms with van der Waals surface area (Å²) >= 11 is 0. The van der Waals surface area contributed by atoms with Crippen molar-refractivity contribution in [1.82, 2.24) is 0 Å². The zero-order valence-corrected chi connectivity index (χ0v) is 8.55. The summed E-state index contributed by atoms with van der Waals surface area (Å²) in [5, 5.41) is 10.4. The maximum absolute atomic E-state index is 10.4. The zero-order chi connectivity index (χ0) is 9.90. The lowest BCUT2D eigenvalue weighted by molar-refractivity contribution is -0.0136. The molecule has 74 valence electrons. The number of aliphatic hydroxyl groups is 1. The Kier molecular flexibility index (Phi) is 3.32. The van der Waals surface area contributed by atoms with E-state index in [-0.39, 0.29) is 0 Å². The van der Waals surface area contributed by atoms with Gasteiger partial charge in [0.2, 0.25) is 0 Å². The second-order valence-corrected chi connectivity index (χ2v) is 4.17. The van der Waals surface area contributed by atoms with Crippen LogP contribution in [0.4, 0.5) is 0 Å². The minimum atomic E-state index is -0.619. The highest BCUT2D eigenvalue weighted by molar-refractivity contribution is 5.14. The Labute approximate surface area is 81.2 Å². The van der Waals surface area contributed by atoms with Gasteiger partial charge in [-0.2, -0.15) is 0 Å². The highest BCUT2D eigenvalue weighted by atomic mass is 16.3. The Balaban J connectivity index is 2.76. The van der Waals surface area contributed by atoms with E-state index < -0.39 is 5.60 Å². The summed E-state index contributed by atoms with van der Waals surface area (Å²) in [5.74, 6) is 0.344. The van der Waals surface area contributed by atoms with E-state index in [1.807, 2.05) is 13.0 Å². The molecule has 0 aromatic carbocycles. The molecule has 0 radical (unpaired) electrons. The molecule has 0 aromatic heterocycles. The van der Waals surface area contributed by atoms with Crippen LogP contribution in [0.25, 0.3) is 0 Å². The van der Waals surface area contributed by atoms with E-state index in [0.29, 0.717) is 5.92 Å². The first kappa shape index (κ1) is 10.5. The van der Waals surface area contributed by atoms with Crippen LogP contribution in [0.1, 0.15) is 39.0 Å². The van der Waals surface area contributed by atoms with E-state index in [1.54, 1.807) is 0 Å². The highest BCUT2D eigenvalue weighted by Crippen LogP contribution is 2.40. The predicted molar refractivity (Wildman–Crippen MR) is 56.5 cm³/mol. The van der Waals surface area contributed by atoms with Crippen molar-refractivity contribution in [3.05, 3.63) is 24.8 Å². The van der Waals surface area contributed by atoms with E-state index in [0.717, 1.165) is 31.3 Å². The van der Waals surface area contributed by atoms with Gasteiger partial charge in [-0.1, -0.05) is 25.5 Å². The van der Waals surface area contributed by atoms with Gasteiger partial charge in [0.25, 0.3) is 0 Å². The minimum absolute atomic E-state index is 0.344. The average molecular weight is 180 g/mol. The standard InChI is InChI=1S/C12H20O/c1-4-7-11-8-5-6-9-12(11,13)10(2)3/h4,11,13H,1-2,5-9H2,3H3/t11-,12+/m0/s1. The SMILES string of the molecule is C=CC[C@H]1CCCC[C@@]1(O)C(=C)C. The van der Waals surface area contributed by atoms with Gasteiger partial charge in [-0.15, -0.1) is 6.58 Å². The topological polar surface area (TPSA) is 20.2 Å². The van der Waals surface area contributed by atoms with Crippen molar-refractivity contribution in [2.24, 2.45) is 5.92 Å². The van der Waals surface area contributed by atoms with Crippen molar-refractivity contribution in [3.8, 4) is 0 Å². The van der Waals surface area contributed by atoms with E-state index in [1.165, 1.54) is 6.42 Å². The summed E-state index contributed by atoms with van der Waals surface area (Å²) in [6.07, 6.45) is 7.15. The molecule has 1 saturated carbocycles. The summed E-state index contributed by atoms with van der Waals surface area (Å²) in [5.41, 5.74) is 0.297. The van der Waals surface area contributed by atoms with Crippen molar-refractivity contribution in [2.45, 2.75) is 44.6 Å². The van der Waals surface area contributed by atoms with E-state index in [4.69, 9.17) is 0 Å². The molecule has 1 heteroatoms. The van der Waals surface area contributed by atoms with Crippen molar-refractivity contribution < 1.29 is 5.11 Å². The van der Waals surface area contributed by atoms with Crippen molar-refractivity contribution in [3.63, 3.8) is 0 Å². The first-order chi connectivity index (χ1) is 6.11. The molecule has 0 unspecified atom stereocenters. The van der Waals surface area contributed by atoms with Crippen LogP contribution in [0.5, 0.6) is 0 Å². The summed E-state index contributed by atoms with van der Waals surface area (Å²) in [6, 6.07) is 0. The quantitative estimate of drug-likeness (QED) is 0.662. The summed E-state index contributed by atoms with van der Waals surface area (Å²) in [4.78, 5) is 0. The predicted octanol–water partition coefficient (Wildman–Crippen LogP) is 3.06. The van der Waals surface area contributed by atoms with Gasteiger partial charge in [0.05, 0.1) is 5.60 Å². The molecule has 1 nitrogen and oxygen atoms in total. The van der Waals surface area contributed by atoms with Crippen LogP contribution in [-0.4, -0.2) is 10.7 Å². The van der Waals surface area contributed by atoms with Crippen molar-refractivity contribution >= 4 is 0 Å². The summed E-state index contributed by atoms with van der Waals surface area (Å²) in [6.45, 7) is 9.57. The highest BCUT2D eigenvalue weighted by Gasteiger charge is 2.38. The maximum Gasteiger partial charge on any atom is 0.0882 e. The van der Waals surface area contributed by atoms with Crippen LogP contribution in [-0.2, 0) is 0 Å². The normalized spacial score (nSPS) is 34.2. The van der Waals surface area contributed by atoms with Crippen LogP contribution >= 0.6 is 0 Å². The molecule has 1 aliphatic carbocycles. The van der Waals surface area contributed by atoms with E-state index in [9.17, 15) is 5.11 Å². The lowest BCUT2D eigenvalue weighted by Crippen LogP contribution is -2.41. The molecule has 0 aromatic rings. The third kappa shape index (κ3) is 2.02. The fourth-order valence-corrected chi connectivity index (χ4v) is 2.30. The van der Waals surface area contributed by atoms with Gasteiger partial charge in [0.15, 0.2) is 0 Å². The number of allylic oxidation sites excluding steroid dienone is 1. The lowest BCUT2D eigenvalue weighted by Gasteiger charge is -2.40. The average Bonchev–Trinajstić information content (AvgIpc) is 2.09. The van der Waals surface area contributed by atoms with Crippen LogP contribution in [0.3, 0.4) is 0 Å². The first-order valence-corrected chi connectivity index (χ1v) is 5.10. The molecule has 1 rings (SSSR count). The Morgan fingerprint density at radius 1 is 1.62 bits per heavy atom. The van der Waals surface area contributed by atoms with Gasteiger partial charge in [0, 0.05) is 0 Å². The van der Waals surface area contributed by atoms with Crippen molar-refractivity contribution in [1.29, 1.82) is 0 Å². The van der Waals surface area contributed by atoms with Gasteiger partial charge in [-0.05, 0) is 37.7 Å². The van der Waals surface area contributed by atoms with Gasteiger partial charge < -0.3 is 5.11 Å². The summed E-state index contributed by atoms with van der Waals surface area (Å²) < 4.78 is 0. The zero-order valence-electron chi connectivity index (χ0n) is 8.55. The second-order valence-electron chi connectivity index (χ2n) is 4.17. The second kappa shape index (κ2) is 4.10. The van der Waals surface area contributed by atoms with Gasteiger partial charge in [-0.25, -0.2) is 0 Å². The van der Waals surface area contributed by atoms with E-state index in [2.05, 4.69) is 13.2 Å². The largest absolute Gasteiger partial charge is 0.385 e. The molecule has 0 saturated heterocycles. The Hall–Kier alpha value is -0.560. The minimum Gasteiger partial charge on any atom is -0.385 e. The van der Waals surface area contributed by atoms with Gasteiger partial charge in [-0.3, -0.25) is 0 Å². The van der Waals surface area contributed by atoms with Gasteiger partial charge in [0.1, 0.15) is 0 Å². The van der Waals surface area contributed by atoms with Crippen LogP contribution in [0, 0.1) is 5.92 Å². The molecular weight excluding hydrogens is 160 g/mol. The number of hydrogen-bond donors (Lipinski definition) is 1. The molecule has 1 fully saturated rings. The lowest BCUT2D eigenvalue weighted by atomic mass is 9.70. The number of rotatable bonds is 3. The van der Waals surface area contributed by atoms with Crippen molar-refractivity contribution in [2.75, 3.05) is 0 Å². The van der Waals surface area contributed by atoms with E-state index >= 15 is 0 Å². The Morgan fingerprint density at radius 3 is 2.85 bits per heavy atom. The molecular formula is C12H20O.